The van der Waals surface area contributed by atoms with E-state index < -0.39 is 6.29 Å². The van der Waals surface area contributed by atoms with E-state index in [9.17, 15) is 10.2 Å². The van der Waals surface area contributed by atoms with Gasteiger partial charge < -0.3 is 76.5 Å². The van der Waals surface area contributed by atoms with E-state index in [4.69, 9.17) is 66.3 Å². The SMILES string of the molecule is C=CCCOc1cc(COc2cc(COc3cc(OCc4cc(OCc5cc(OCCC=C)cc(OCCC=C)c5)cc(OCc5cc(OCCC=C)cc(OCCCC)c5)c4)cc(C(O)O)c3)cc(OCc3cc(OCCC=C)cc(OCCC=C)c3)c2)cc(OCCC=C)c1. The number of unbranched alkanes of at least 4 members (excludes halogenated alkanes) is 1. The summed E-state index contributed by atoms with van der Waals surface area (Å²) < 4.78 is 87.8. The first-order chi connectivity index (χ1) is 47.5. The minimum Gasteiger partial charge on any atom is -0.493 e. The van der Waals surface area contributed by atoms with E-state index in [0.29, 0.717) is 189 Å². The molecule has 0 radical (unpaired) electrons. The van der Waals surface area contributed by atoms with Gasteiger partial charge in [-0.2, -0.15) is 0 Å². The van der Waals surface area contributed by atoms with Crippen molar-refractivity contribution < 1.29 is 76.5 Å². The van der Waals surface area contributed by atoms with E-state index in [1.807, 2.05) is 115 Å². The fraction of sp³-hybridized carbons (Fsp3) is 0.309. The zero-order chi connectivity index (χ0) is 68.7. The Bertz CT molecular complexity index is 3420. The van der Waals surface area contributed by atoms with E-state index in [1.165, 1.54) is 0 Å². The molecule has 2 N–H and O–H groups in total. The molecule has 0 amide bonds. The minimum atomic E-state index is -1.86. The molecule has 0 saturated carbocycles. The lowest BCUT2D eigenvalue weighted by atomic mass is 10.1. The third-order valence-corrected chi connectivity index (χ3v) is 14.2. The van der Waals surface area contributed by atoms with Crippen LogP contribution < -0.4 is 66.3 Å². The van der Waals surface area contributed by atoms with Crippen LogP contribution in [0.2, 0.25) is 0 Å². The van der Waals surface area contributed by atoms with Gasteiger partial charge >= 0.3 is 0 Å². The molecule has 0 saturated heterocycles. The van der Waals surface area contributed by atoms with Gasteiger partial charge in [-0.25, -0.2) is 0 Å². The molecule has 0 unspecified atom stereocenters. The highest BCUT2D eigenvalue weighted by Crippen LogP contribution is 2.35. The van der Waals surface area contributed by atoms with Gasteiger partial charge in [0, 0.05) is 48.0 Å². The number of ether oxygens (including phenoxy) is 14. The smallest absolute Gasteiger partial charge is 0.178 e. The number of benzene rings is 7. The van der Waals surface area contributed by atoms with E-state index in [0.717, 1.165) is 35.1 Å². The van der Waals surface area contributed by atoms with Crippen LogP contribution in [0.1, 0.15) is 110 Å². The molecule has 7 aromatic carbocycles. The lowest BCUT2D eigenvalue weighted by molar-refractivity contribution is -0.0428. The summed E-state index contributed by atoms with van der Waals surface area (Å²) in [7, 11) is 0. The van der Waals surface area contributed by atoms with Gasteiger partial charge in [-0.1, -0.05) is 55.9 Å². The maximum absolute atomic E-state index is 10.7. The van der Waals surface area contributed by atoms with Gasteiger partial charge in [0.2, 0.25) is 0 Å². The lowest BCUT2D eigenvalue weighted by Crippen LogP contribution is -2.05. The number of aliphatic hydroxyl groups excluding tert-OH is 1. The number of hydrogen-bond acceptors (Lipinski definition) is 16. The van der Waals surface area contributed by atoms with Gasteiger partial charge in [0.15, 0.2) is 6.29 Å². The van der Waals surface area contributed by atoms with E-state index in [2.05, 4.69) is 53.0 Å². The zero-order valence-corrected chi connectivity index (χ0v) is 56.1. The Kier molecular flexibility index (Phi) is 32.4. The molecule has 0 atom stereocenters. The fourth-order valence-corrected chi connectivity index (χ4v) is 9.35. The van der Waals surface area contributed by atoms with Gasteiger partial charge in [-0.15, -0.1) is 46.1 Å². The Morgan fingerprint density at radius 3 is 0.577 bits per heavy atom. The fourth-order valence-electron chi connectivity index (χ4n) is 9.35. The maximum atomic E-state index is 10.7. The van der Waals surface area contributed by atoms with Crippen molar-refractivity contribution in [3.8, 4) is 80.5 Å². The topological polar surface area (TPSA) is 170 Å². The highest BCUT2D eigenvalue weighted by Gasteiger charge is 2.16. The quantitative estimate of drug-likeness (QED) is 0.0210. The summed E-state index contributed by atoms with van der Waals surface area (Å²) in [6.07, 6.45) is 17.4. The van der Waals surface area contributed by atoms with E-state index >= 15 is 0 Å². The van der Waals surface area contributed by atoms with Gasteiger partial charge in [0.25, 0.3) is 0 Å². The summed E-state index contributed by atoms with van der Waals surface area (Å²) in [5.41, 5.74) is 4.75. The van der Waals surface area contributed by atoms with Crippen LogP contribution in [-0.4, -0.2) is 63.1 Å². The number of rotatable bonds is 51. The Balaban J connectivity index is 1.16. The van der Waals surface area contributed by atoms with Crippen molar-refractivity contribution in [2.45, 2.75) is 111 Å². The van der Waals surface area contributed by atoms with Crippen LogP contribution in [0.5, 0.6) is 80.5 Å². The molecular formula is C81H94O16. The van der Waals surface area contributed by atoms with Crippen molar-refractivity contribution >= 4 is 0 Å². The molecule has 0 aliphatic heterocycles. The third-order valence-electron chi connectivity index (χ3n) is 14.2. The first kappa shape index (κ1) is 74.2. The Morgan fingerprint density at radius 2 is 0.412 bits per heavy atom. The van der Waals surface area contributed by atoms with Crippen molar-refractivity contribution in [1.29, 1.82) is 0 Å². The molecule has 0 aliphatic rings. The van der Waals surface area contributed by atoms with Crippen LogP contribution in [0, 0.1) is 0 Å². The summed E-state index contributed by atoms with van der Waals surface area (Å²) in [6, 6.07) is 38.7. The maximum Gasteiger partial charge on any atom is 0.178 e. The molecule has 0 spiro atoms. The van der Waals surface area contributed by atoms with Crippen molar-refractivity contribution in [2.24, 2.45) is 0 Å². The summed E-state index contributed by atoms with van der Waals surface area (Å²) >= 11 is 0. The summed E-state index contributed by atoms with van der Waals surface area (Å²) in [5.74, 6) is 7.68. The minimum absolute atomic E-state index is 0.00239. The molecule has 0 heterocycles. The Morgan fingerprint density at radius 1 is 0.247 bits per heavy atom. The molecule has 16 nitrogen and oxygen atoms in total. The Labute approximate surface area is 572 Å². The summed E-state index contributed by atoms with van der Waals surface area (Å²) in [6.45, 7) is 33.3. The third kappa shape index (κ3) is 27.6. The molecule has 0 aliphatic carbocycles. The zero-order valence-electron chi connectivity index (χ0n) is 56.1. The lowest BCUT2D eigenvalue weighted by Gasteiger charge is -2.17. The number of aliphatic hydroxyl groups is 2. The summed E-state index contributed by atoms with van der Waals surface area (Å²) in [4.78, 5) is 0. The predicted octanol–water partition coefficient (Wildman–Crippen LogP) is 18.0. The van der Waals surface area contributed by atoms with Crippen LogP contribution in [0.15, 0.2) is 216 Å². The molecular weight excluding hydrogens is 1230 g/mol. The second kappa shape index (κ2) is 42.3. The van der Waals surface area contributed by atoms with Gasteiger partial charge in [0.05, 0.1) is 52.9 Å². The molecule has 7 aromatic rings. The van der Waals surface area contributed by atoms with Crippen molar-refractivity contribution in [2.75, 3.05) is 52.9 Å². The second-order valence-corrected chi connectivity index (χ2v) is 22.4. The van der Waals surface area contributed by atoms with Gasteiger partial charge in [0.1, 0.15) is 120 Å². The largest absolute Gasteiger partial charge is 0.493 e. The van der Waals surface area contributed by atoms with E-state index in [-0.39, 0.29) is 45.2 Å². The predicted molar refractivity (Wildman–Crippen MR) is 381 cm³/mol. The molecule has 0 aromatic heterocycles. The standard InChI is InChI=1S/C81H94O16/c1-9-17-25-84-67-33-60(34-68(47-67)85-26-18-10-2)54-92-75-41-64(42-76(51-75)93-55-61-35-69(86-27-19-11-3)48-70(36-61)87-28-20-12-4)58-96-79-45-66(81(82)83)46-80(53-79)97-59-65-43-77(94-56-62-37-71(88-29-21-13-5)49-72(38-62)89-30-22-14-6)52-78(44-65)95-57-63-39-73(90-31-23-15-7)50-74(40-63)91-32-24-16-8/h9-15,33-53,81-83H,1-7,16-32,54-59H2,8H3. The molecule has 0 fully saturated rings. The van der Waals surface area contributed by atoms with Gasteiger partial charge in [-0.05, 0) is 170 Å². The monoisotopic (exact) mass is 1320 g/mol. The second-order valence-electron chi connectivity index (χ2n) is 22.4. The summed E-state index contributed by atoms with van der Waals surface area (Å²) in [5, 5.41) is 21.3. The van der Waals surface area contributed by atoms with Crippen LogP contribution in [0.25, 0.3) is 0 Å². The van der Waals surface area contributed by atoms with Crippen LogP contribution in [0.3, 0.4) is 0 Å². The highest BCUT2D eigenvalue weighted by atomic mass is 16.5. The van der Waals surface area contributed by atoms with Crippen molar-refractivity contribution in [3.05, 3.63) is 255 Å². The Hall–Kier alpha value is -10.2. The van der Waals surface area contributed by atoms with Gasteiger partial charge in [-0.3, -0.25) is 0 Å². The van der Waals surface area contributed by atoms with Crippen LogP contribution in [0.4, 0.5) is 0 Å². The molecule has 16 heteroatoms. The van der Waals surface area contributed by atoms with E-state index in [1.54, 1.807) is 54.7 Å². The highest BCUT2D eigenvalue weighted by molar-refractivity contribution is 5.46. The average Bonchev–Trinajstić information content (AvgIpc) is 1.01. The molecule has 0 bridgehead atoms. The van der Waals surface area contributed by atoms with Crippen molar-refractivity contribution in [1.82, 2.24) is 0 Å². The van der Waals surface area contributed by atoms with Crippen molar-refractivity contribution in [3.63, 3.8) is 0 Å². The molecule has 514 valence electrons. The first-order valence-electron chi connectivity index (χ1n) is 32.9. The molecule has 7 rings (SSSR count). The van der Waals surface area contributed by atoms with Crippen LogP contribution in [-0.2, 0) is 39.6 Å². The average molecular weight is 1320 g/mol. The normalized spacial score (nSPS) is 10.7. The number of hydrogen-bond donors (Lipinski definition) is 2. The molecule has 97 heavy (non-hydrogen) atoms. The first-order valence-corrected chi connectivity index (χ1v) is 32.9. The van der Waals surface area contributed by atoms with Crippen LogP contribution >= 0.6 is 0 Å².